The van der Waals surface area contributed by atoms with Crippen LogP contribution in [0.5, 0.6) is 0 Å². The van der Waals surface area contributed by atoms with Gasteiger partial charge >= 0.3 is 12.1 Å². The van der Waals surface area contributed by atoms with Gasteiger partial charge in [0.25, 0.3) is 0 Å². The van der Waals surface area contributed by atoms with Gasteiger partial charge in [-0.05, 0) is 35.4 Å². The number of alkyl halides is 3. The molecule has 0 fully saturated rings. The second-order valence-corrected chi connectivity index (χ2v) is 7.64. The highest BCUT2D eigenvalue weighted by atomic mass is 32.1. The number of nitrogens with zero attached hydrogens (tertiary/aromatic N) is 3. The average Bonchev–Trinajstić information content (AvgIpc) is 3.31. The summed E-state index contributed by atoms with van der Waals surface area (Å²) in [5.41, 5.74) is 1.46. The van der Waals surface area contributed by atoms with Gasteiger partial charge in [-0.15, -0.1) is 21.5 Å². The molecule has 10 heteroatoms. The van der Waals surface area contributed by atoms with Crippen LogP contribution < -0.4 is 0 Å². The van der Waals surface area contributed by atoms with Crippen molar-refractivity contribution in [1.82, 2.24) is 15.2 Å². The lowest BCUT2D eigenvalue weighted by atomic mass is 10.0. The Bertz CT molecular complexity index is 1200. The minimum atomic E-state index is -4.37. The molecule has 0 atom stereocenters. The van der Waals surface area contributed by atoms with E-state index in [0.717, 1.165) is 32.9 Å². The van der Waals surface area contributed by atoms with Gasteiger partial charge in [0.2, 0.25) is 11.8 Å². The van der Waals surface area contributed by atoms with Gasteiger partial charge in [-0.1, -0.05) is 18.2 Å². The molecule has 2 aromatic heterocycles. The number of aliphatic carboxylic acids is 1. The number of hydrogen-bond donors (Lipinski definition) is 1. The van der Waals surface area contributed by atoms with Crippen LogP contribution in [-0.2, 0) is 23.8 Å². The molecule has 0 amide bonds. The van der Waals surface area contributed by atoms with Gasteiger partial charge in [0, 0.05) is 6.42 Å². The van der Waals surface area contributed by atoms with E-state index < -0.39 is 17.7 Å². The van der Waals surface area contributed by atoms with Crippen LogP contribution >= 0.6 is 11.3 Å². The van der Waals surface area contributed by atoms with Gasteiger partial charge < -0.3 is 9.52 Å². The summed E-state index contributed by atoms with van der Waals surface area (Å²) in [5.74, 6) is -0.333. The minimum absolute atomic E-state index is 0.0878. The fourth-order valence-corrected chi connectivity index (χ4v) is 3.82. The van der Waals surface area contributed by atoms with Gasteiger partial charge in [0.05, 0.1) is 28.6 Å². The molecular weight excluding hydrogens is 419 g/mol. The van der Waals surface area contributed by atoms with E-state index in [4.69, 9.17) is 9.52 Å². The lowest BCUT2D eigenvalue weighted by molar-refractivity contribution is -0.138. The van der Waals surface area contributed by atoms with Crippen LogP contribution in [0.4, 0.5) is 13.2 Å². The highest BCUT2D eigenvalue weighted by Crippen LogP contribution is 2.32. The van der Waals surface area contributed by atoms with Crippen molar-refractivity contribution >= 4 is 27.5 Å². The lowest BCUT2D eigenvalue weighted by Gasteiger charge is -2.07. The molecule has 0 aliphatic heterocycles. The number of benzene rings is 2. The molecule has 30 heavy (non-hydrogen) atoms. The Balaban J connectivity index is 1.52. The molecule has 0 aliphatic carbocycles. The highest BCUT2D eigenvalue weighted by molar-refractivity contribution is 7.18. The number of carboxylic acids is 1. The van der Waals surface area contributed by atoms with Crippen LogP contribution in [0.3, 0.4) is 0 Å². The third-order valence-corrected chi connectivity index (χ3v) is 5.38. The molecular formula is C20H14F3N3O3S. The Kier molecular flexibility index (Phi) is 5.25. The number of thiazole rings is 1. The summed E-state index contributed by atoms with van der Waals surface area (Å²) in [7, 11) is 0. The Labute approximate surface area is 172 Å². The first-order valence-electron chi connectivity index (χ1n) is 8.88. The van der Waals surface area contributed by atoms with Gasteiger partial charge in [-0.2, -0.15) is 13.2 Å². The zero-order chi connectivity index (χ0) is 21.3. The smallest absolute Gasteiger partial charge is 0.416 e. The van der Waals surface area contributed by atoms with E-state index >= 15 is 0 Å². The summed E-state index contributed by atoms with van der Waals surface area (Å²) in [6.07, 6.45) is -3.97. The molecule has 0 radical (unpaired) electrons. The van der Waals surface area contributed by atoms with E-state index in [0.29, 0.717) is 17.9 Å². The van der Waals surface area contributed by atoms with Gasteiger partial charge in [0.1, 0.15) is 5.01 Å². The molecule has 0 saturated heterocycles. The fraction of sp³-hybridized carbons (Fsp3) is 0.200. The van der Waals surface area contributed by atoms with E-state index in [-0.39, 0.29) is 18.7 Å². The van der Waals surface area contributed by atoms with Crippen LogP contribution in [-0.4, -0.2) is 26.3 Å². The molecule has 0 bridgehead atoms. The third kappa shape index (κ3) is 4.48. The van der Waals surface area contributed by atoms with Gasteiger partial charge in [0.15, 0.2) is 0 Å². The number of carboxylic acid groups (broad SMARTS) is 1. The molecule has 6 nitrogen and oxygen atoms in total. The second-order valence-electron chi connectivity index (χ2n) is 6.53. The summed E-state index contributed by atoms with van der Waals surface area (Å²) in [4.78, 5) is 15.2. The quantitative estimate of drug-likeness (QED) is 0.462. The third-order valence-electron chi connectivity index (χ3n) is 4.34. The van der Waals surface area contributed by atoms with Crippen LogP contribution in [0, 0.1) is 0 Å². The monoisotopic (exact) mass is 433 g/mol. The summed E-state index contributed by atoms with van der Waals surface area (Å²) < 4.78 is 44.6. The fourth-order valence-electron chi connectivity index (χ4n) is 2.89. The van der Waals surface area contributed by atoms with Crippen LogP contribution in [0.2, 0.25) is 0 Å². The standard InChI is InChI=1S/C20H14F3N3O3S/c21-20(22,23)13-4-1-11(2-5-13)12-3-6-15-14(9-12)24-18(30-15)10-17-26-25-16(29-17)7-8-19(27)28/h1-6,9H,7-8,10H2,(H,27,28). The zero-order valence-electron chi connectivity index (χ0n) is 15.3. The number of carbonyl (C=O) groups is 1. The average molecular weight is 433 g/mol. The number of hydrogen-bond acceptors (Lipinski definition) is 6. The number of rotatable bonds is 6. The lowest BCUT2D eigenvalue weighted by Crippen LogP contribution is -2.03. The van der Waals surface area contributed by atoms with E-state index in [1.165, 1.54) is 23.5 Å². The highest BCUT2D eigenvalue weighted by Gasteiger charge is 2.30. The maximum atomic E-state index is 12.7. The molecule has 0 spiro atoms. The molecule has 0 unspecified atom stereocenters. The first-order chi connectivity index (χ1) is 14.3. The second kappa shape index (κ2) is 7.86. The topological polar surface area (TPSA) is 89.1 Å². The van der Waals surface area contributed by atoms with Crippen molar-refractivity contribution < 1.29 is 27.5 Å². The predicted molar refractivity (Wildman–Crippen MR) is 103 cm³/mol. The molecule has 4 rings (SSSR count). The first kappa shape index (κ1) is 20.0. The SMILES string of the molecule is O=C(O)CCc1nnc(Cc2nc3cc(-c4ccc(C(F)(F)F)cc4)ccc3s2)o1. The Morgan fingerprint density at radius 2 is 1.73 bits per heavy atom. The summed E-state index contributed by atoms with van der Waals surface area (Å²) in [5, 5.41) is 17.2. The summed E-state index contributed by atoms with van der Waals surface area (Å²) in [6, 6.07) is 10.5. The largest absolute Gasteiger partial charge is 0.481 e. The van der Waals surface area contributed by atoms with Crippen molar-refractivity contribution in [2.24, 2.45) is 0 Å². The minimum Gasteiger partial charge on any atom is -0.481 e. The Hall–Kier alpha value is -3.27. The van der Waals surface area contributed by atoms with Gasteiger partial charge in [-0.25, -0.2) is 4.98 Å². The van der Waals surface area contributed by atoms with Crippen molar-refractivity contribution in [2.45, 2.75) is 25.4 Å². The summed E-state index contributed by atoms with van der Waals surface area (Å²) >= 11 is 1.45. The van der Waals surface area contributed by atoms with Crippen molar-refractivity contribution in [3.05, 3.63) is 64.8 Å². The van der Waals surface area contributed by atoms with Crippen molar-refractivity contribution in [1.29, 1.82) is 0 Å². The molecule has 1 N–H and O–H groups in total. The molecule has 0 saturated carbocycles. The van der Waals surface area contributed by atoms with E-state index in [1.54, 1.807) is 0 Å². The normalized spacial score (nSPS) is 11.8. The van der Waals surface area contributed by atoms with E-state index in [9.17, 15) is 18.0 Å². The van der Waals surface area contributed by atoms with Crippen LogP contribution in [0.15, 0.2) is 46.9 Å². The summed E-state index contributed by atoms with van der Waals surface area (Å²) in [6.45, 7) is 0. The molecule has 154 valence electrons. The number of halogens is 3. The zero-order valence-corrected chi connectivity index (χ0v) is 16.1. The molecule has 2 heterocycles. The van der Waals surface area contributed by atoms with Crippen LogP contribution in [0.1, 0.15) is 28.8 Å². The van der Waals surface area contributed by atoms with Gasteiger partial charge in [-0.3, -0.25) is 4.79 Å². The van der Waals surface area contributed by atoms with E-state index in [2.05, 4.69) is 15.2 Å². The molecule has 0 aliphatic rings. The maximum absolute atomic E-state index is 12.7. The number of aryl methyl sites for hydroxylation is 1. The number of fused-ring (bicyclic) bond motifs is 1. The van der Waals surface area contributed by atoms with Crippen LogP contribution in [0.25, 0.3) is 21.3 Å². The van der Waals surface area contributed by atoms with E-state index in [1.807, 2.05) is 18.2 Å². The molecule has 2 aromatic carbocycles. The van der Waals surface area contributed by atoms with Crippen molar-refractivity contribution in [2.75, 3.05) is 0 Å². The number of aromatic nitrogens is 3. The predicted octanol–water partition coefficient (Wildman–Crippen LogP) is 4.97. The maximum Gasteiger partial charge on any atom is 0.416 e. The Morgan fingerprint density at radius 1 is 1.03 bits per heavy atom. The molecule has 4 aromatic rings. The Morgan fingerprint density at radius 3 is 2.43 bits per heavy atom. The van der Waals surface area contributed by atoms with Crippen molar-refractivity contribution in [3.8, 4) is 11.1 Å². The first-order valence-corrected chi connectivity index (χ1v) is 9.70. The van der Waals surface area contributed by atoms with Crippen molar-refractivity contribution in [3.63, 3.8) is 0 Å².